The molecule has 19 heavy (non-hydrogen) atoms. The standard InChI is InChI=1S/C14H23N3O2/c1-4-19-14(18)16-9-7-13(8-10-16)15-17-11(2)5-6-12(17)3/h5-6,13,15H,4,7-10H2,1-3H3. The number of carbonyl (C=O) groups excluding carboxylic acids is 1. The first kappa shape index (κ1) is 13.8. The van der Waals surface area contributed by atoms with Crippen molar-refractivity contribution in [2.45, 2.75) is 39.7 Å². The molecular weight excluding hydrogens is 242 g/mol. The fraction of sp³-hybridized carbons (Fsp3) is 0.643. The van der Waals surface area contributed by atoms with Crippen molar-refractivity contribution in [2.75, 3.05) is 25.1 Å². The number of aryl methyl sites for hydroxylation is 2. The summed E-state index contributed by atoms with van der Waals surface area (Å²) in [4.78, 5) is 13.4. The number of likely N-dealkylation sites (tertiary alicyclic amines) is 1. The summed E-state index contributed by atoms with van der Waals surface area (Å²) in [5.41, 5.74) is 5.95. The summed E-state index contributed by atoms with van der Waals surface area (Å²) in [6, 6.07) is 4.63. The Morgan fingerprint density at radius 2 is 1.89 bits per heavy atom. The van der Waals surface area contributed by atoms with Crippen LogP contribution in [0.25, 0.3) is 0 Å². The predicted octanol–water partition coefficient (Wildman–Crippen LogP) is 2.27. The number of hydrogen-bond donors (Lipinski definition) is 1. The molecule has 2 heterocycles. The molecular formula is C14H23N3O2. The smallest absolute Gasteiger partial charge is 0.409 e. The van der Waals surface area contributed by atoms with E-state index < -0.39 is 0 Å². The molecule has 0 spiro atoms. The molecule has 1 saturated heterocycles. The number of rotatable bonds is 3. The molecule has 1 fully saturated rings. The molecule has 0 aromatic carbocycles. The third-order valence-electron chi connectivity index (χ3n) is 3.60. The minimum atomic E-state index is -0.186. The van der Waals surface area contributed by atoms with Gasteiger partial charge in [0.25, 0.3) is 0 Å². The molecule has 1 N–H and O–H groups in total. The topological polar surface area (TPSA) is 46.5 Å². The molecule has 5 heteroatoms. The van der Waals surface area contributed by atoms with Gasteiger partial charge in [-0.15, -0.1) is 0 Å². The van der Waals surface area contributed by atoms with Crippen molar-refractivity contribution in [1.82, 2.24) is 9.58 Å². The minimum absolute atomic E-state index is 0.186. The van der Waals surface area contributed by atoms with Gasteiger partial charge in [-0.3, -0.25) is 4.68 Å². The van der Waals surface area contributed by atoms with Crippen LogP contribution < -0.4 is 5.43 Å². The van der Waals surface area contributed by atoms with Crippen LogP contribution in [0, 0.1) is 13.8 Å². The summed E-state index contributed by atoms with van der Waals surface area (Å²) >= 11 is 0. The molecule has 1 aliphatic heterocycles. The van der Waals surface area contributed by atoms with Gasteiger partial charge in [0.2, 0.25) is 0 Å². The Hall–Kier alpha value is -1.65. The lowest BCUT2D eigenvalue weighted by Gasteiger charge is -2.32. The van der Waals surface area contributed by atoms with E-state index in [1.165, 1.54) is 11.4 Å². The van der Waals surface area contributed by atoms with Gasteiger partial charge in [-0.1, -0.05) is 0 Å². The maximum Gasteiger partial charge on any atom is 0.409 e. The number of piperidine rings is 1. The van der Waals surface area contributed by atoms with Crippen LogP contribution in [0.15, 0.2) is 12.1 Å². The van der Waals surface area contributed by atoms with Crippen LogP contribution in [0.3, 0.4) is 0 Å². The van der Waals surface area contributed by atoms with E-state index >= 15 is 0 Å². The van der Waals surface area contributed by atoms with Crippen molar-refractivity contribution in [3.8, 4) is 0 Å². The van der Waals surface area contributed by atoms with Gasteiger partial charge in [0.1, 0.15) is 0 Å². The van der Waals surface area contributed by atoms with Crippen molar-refractivity contribution in [3.63, 3.8) is 0 Å². The highest BCUT2D eigenvalue weighted by molar-refractivity contribution is 5.67. The van der Waals surface area contributed by atoms with Crippen molar-refractivity contribution < 1.29 is 9.53 Å². The highest BCUT2D eigenvalue weighted by Crippen LogP contribution is 2.14. The Bertz CT molecular complexity index is 414. The second-order valence-corrected chi connectivity index (χ2v) is 5.04. The number of nitrogens with one attached hydrogen (secondary N) is 1. The summed E-state index contributed by atoms with van der Waals surface area (Å²) in [7, 11) is 0. The molecule has 0 saturated carbocycles. The molecule has 1 amide bonds. The van der Waals surface area contributed by atoms with E-state index in [2.05, 4.69) is 36.1 Å². The van der Waals surface area contributed by atoms with Gasteiger partial charge in [0.15, 0.2) is 0 Å². The second kappa shape index (κ2) is 5.99. The second-order valence-electron chi connectivity index (χ2n) is 5.04. The van der Waals surface area contributed by atoms with Crippen LogP contribution in [0.4, 0.5) is 4.79 Å². The quantitative estimate of drug-likeness (QED) is 0.912. The van der Waals surface area contributed by atoms with Gasteiger partial charge in [0.05, 0.1) is 6.61 Å². The normalized spacial score (nSPS) is 16.5. The van der Waals surface area contributed by atoms with Crippen molar-refractivity contribution in [3.05, 3.63) is 23.5 Å². The molecule has 0 radical (unpaired) electrons. The molecule has 1 aliphatic rings. The van der Waals surface area contributed by atoms with Crippen LogP contribution >= 0.6 is 0 Å². The Morgan fingerprint density at radius 3 is 2.42 bits per heavy atom. The van der Waals surface area contributed by atoms with E-state index in [0.717, 1.165) is 25.9 Å². The highest BCUT2D eigenvalue weighted by Gasteiger charge is 2.23. The van der Waals surface area contributed by atoms with Crippen molar-refractivity contribution in [2.24, 2.45) is 0 Å². The SMILES string of the molecule is CCOC(=O)N1CCC(Nn2c(C)ccc2C)CC1. The lowest BCUT2D eigenvalue weighted by atomic mass is 10.1. The largest absolute Gasteiger partial charge is 0.450 e. The Kier molecular flexibility index (Phi) is 4.35. The average Bonchev–Trinajstić information content (AvgIpc) is 2.72. The third kappa shape index (κ3) is 3.22. The number of amides is 1. The molecule has 0 bridgehead atoms. The lowest BCUT2D eigenvalue weighted by Crippen LogP contribution is -2.44. The number of hydrogen-bond acceptors (Lipinski definition) is 3. The Labute approximate surface area is 114 Å². The molecule has 0 atom stereocenters. The fourth-order valence-electron chi connectivity index (χ4n) is 2.46. The van der Waals surface area contributed by atoms with Crippen LogP contribution in [-0.2, 0) is 4.74 Å². The summed E-state index contributed by atoms with van der Waals surface area (Å²) < 4.78 is 7.15. The number of carbonyl (C=O) groups is 1. The van der Waals surface area contributed by atoms with Crippen molar-refractivity contribution >= 4 is 6.09 Å². The molecule has 5 nitrogen and oxygen atoms in total. The monoisotopic (exact) mass is 265 g/mol. The first-order valence-electron chi connectivity index (χ1n) is 6.95. The fourth-order valence-corrected chi connectivity index (χ4v) is 2.46. The molecule has 1 aromatic heterocycles. The lowest BCUT2D eigenvalue weighted by molar-refractivity contribution is 0.0977. The van der Waals surface area contributed by atoms with E-state index in [4.69, 9.17) is 4.74 Å². The minimum Gasteiger partial charge on any atom is -0.450 e. The zero-order chi connectivity index (χ0) is 13.8. The van der Waals surface area contributed by atoms with Gasteiger partial charge >= 0.3 is 6.09 Å². The molecule has 2 rings (SSSR count). The first-order chi connectivity index (χ1) is 9.11. The van der Waals surface area contributed by atoms with Crippen LogP contribution in [0.5, 0.6) is 0 Å². The van der Waals surface area contributed by atoms with Gasteiger partial charge in [0, 0.05) is 30.5 Å². The molecule has 1 aromatic rings. The van der Waals surface area contributed by atoms with E-state index in [1.54, 1.807) is 4.90 Å². The highest BCUT2D eigenvalue weighted by atomic mass is 16.6. The predicted molar refractivity (Wildman–Crippen MR) is 74.9 cm³/mol. The van der Waals surface area contributed by atoms with E-state index in [9.17, 15) is 4.79 Å². The summed E-state index contributed by atoms with van der Waals surface area (Å²) in [6.07, 6.45) is 1.72. The Morgan fingerprint density at radius 1 is 1.32 bits per heavy atom. The zero-order valence-electron chi connectivity index (χ0n) is 12.0. The molecule has 106 valence electrons. The number of aromatic nitrogens is 1. The van der Waals surface area contributed by atoms with Gasteiger partial charge in [-0.2, -0.15) is 0 Å². The first-order valence-corrected chi connectivity index (χ1v) is 6.95. The van der Waals surface area contributed by atoms with Gasteiger partial charge < -0.3 is 15.1 Å². The maximum atomic E-state index is 11.6. The molecule has 0 aliphatic carbocycles. The third-order valence-corrected chi connectivity index (χ3v) is 3.60. The van der Waals surface area contributed by atoms with Crippen molar-refractivity contribution in [1.29, 1.82) is 0 Å². The zero-order valence-corrected chi connectivity index (χ0v) is 12.0. The Balaban J connectivity index is 1.85. The summed E-state index contributed by atoms with van der Waals surface area (Å²) in [6.45, 7) is 7.98. The van der Waals surface area contributed by atoms with E-state index in [0.29, 0.717) is 12.6 Å². The van der Waals surface area contributed by atoms with Gasteiger partial charge in [-0.05, 0) is 45.7 Å². The number of nitrogens with zero attached hydrogens (tertiary/aromatic N) is 2. The number of ether oxygens (including phenoxy) is 1. The van der Waals surface area contributed by atoms with Crippen LogP contribution in [0.2, 0.25) is 0 Å². The summed E-state index contributed by atoms with van der Waals surface area (Å²) in [5, 5.41) is 0. The summed E-state index contributed by atoms with van der Waals surface area (Å²) in [5.74, 6) is 0. The molecule has 0 unspecified atom stereocenters. The maximum absolute atomic E-state index is 11.6. The van der Waals surface area contributed by atoms with Crippen LogP contribution in [-0.4, -0.2) is 41.4 Å². The van der Waals surface area contributed by atoms with E-state index in [1.807, 2.05) is 6.92 Å². The average molecular weight is 265 g/mol. The van der Waals surface area contributed by atoms with E-state index in [-0.39, 0.29) is 6.09 Å². The van der Waals surface area contributed by atoms with Crippen LogP contribution in [0.1, 0.15) is 31.2 Å². The van der Waals surface area contributed by atoms with Gasteiger partial charge in [-0.25, -0.2) is 4.79 Å².